The van der Waals surface area contributed by atoms with Gasteiger partial charge in [-0.3, -0.25) is 14.7 Å². The van der Waals surface area contributed by atoms with Gasteiger partial charge < -0.3 is 16.0 Å². The smallest absolute Gasteiger partial charge is 0.217 e. The highest BCUT2D eigenvalue weighted by molar-refractivity contribution is 14.0. The van der Waals surface area contributed by atoms with Crippen molar-refractivity contribution in [3.63, 3.8) is 0 Å². The van der Waals surface area contributed by atoms with Crippen LogP contribution in [0.25, 0.3) is 0 Å². The zero-order valence-electron chi connectivity index (χ0n) is 17.9. The van der Waals surface area contributed by atoms with Crippen LogP contribution in [0, 0.1) is 17.7 Å². The van der Waals surface area contributed by atoms with Crippen molar-refractivity contribution in [1.82, 2.24) is 15.1 Å². The molecule has 0 saturated carbocycles. The van der Waals surface area contributed by atoms with Crippen LogP contribution in [-0.2, 0) is 11.3 Å². The highest BCUT2D eigenvalue weighted by Crippen LogP contribution is 2.21. The van der Waals surface area contributed by atoms with Crippen LogP contribution in [0.4, 0.5) is 4.39 Å². The molecular formula is C22H35FIN5O. The van der Waals surface area contributed by atoms with Gasteiger partial charge >= 0.3 is 0 Å². The molecule has 0 bridgehead atoms. The highest BCUT2D eigenvalue weighted by atomic mass is 127. The van der Waals surface area contributed by atoms with Gasteiger partial charge in [0.1, 0.15) is 5.82 Å². The van der Waals surface area contributed by atoms with Gasteiger partial charge in [-0.1, -0.05) is 18.2 Å². The van der Waals surface area contributed by atoms with E-state index in [1.165, 1.54) is 6.07 Å². The van der Waals surface area contributed by atoms with E-state index in [4.69, 9.17) is 5.73 Å². The Kier molecular flexibility index (Phi) is 10.3. The quantitative estimate of drug-likeness (QED) is 0.337. The molecular weight excluding hydrogens is 496 g/mol. The first kappa shape index (κ1) is 24.8. The molecule has 6 nitrogen and oxygen atoms in total. The Labute approximate surface area is 196 Å². The Bertz CT molecular complexity index is 709. The third-order valence-corrected chi connectivity index (χ3v) is 6.13. The Balaban J connectivity index is 0.00000320. The van der Waals surface area contributed by atoms with Gasteiger partial charge in [-0.25, -0.2) is 4.39 Å². The summed E-state index contributed by atoms with van der Waals surface area (Å²) in [6.07, 6.45) is 4.77. The Morgan fingerprint density at radius 1 is 1.20 bits per heavy atom. The molecule has 3 N–H and O–H groups in total. The Morgan fingerprint density at radius 3 is 2.60 bits per heavy atom. The van der Waals surface area contributed by atoms with Crippen LogP contribution in [0.1, 0.15) is 37.7 Å². The molecule has 1 aromatic rings. The fourth-order valence-corrected chi connectivity index (χ4v) is 4.49. The van der Waals surface area contributed by atoms with Crippen LogP contribution in [0.3, 0.4) is 0 Å². The normalized spacial score (nSPS) is 21.2. The predicted octanol–water partition coefficient (Wildman–Crippen LogP) is 2.82. The molecule has 0 spiro atoms. The summed E-state index contributed by atoms with van der Waals surface area (Å²) in [6.45, 7) is 5.37. The van der Waals surface area contributed by atoms with Crippen molar-refractivity contribution in [3.05, 3.63) is 35.6 Å². The standard InChI is InChI=1S/C22H34FN5O.HI/c1-25-22(28-10-4-5-18(15-28)13-21(24)29)26-14-17-8-11-27(12-9-17)16-19-6-2-3-7-20(19)23;/h2-3,6-7,17-18H,4-5,8-16H2,1H3,(H2,24,29)(H,25,26);1H. The van der Waals surface area contributed by atoms with Gasteiger partial charge in [0, 0.05) is 45.2 Å². The maximum atomic E-state index is 13.9. The van der Waals surface area contributed by atoms with E-state index in [1.807, 2.05) is 19.2 Å². The molecule has 30 heavy (non-hydrogen) atoms. The second-order valence-corrected chi connectivity index (χ2v) is 8.36. The SMILES string of the molecule is CN=C(NCC1CCN(Cc2ccccc2F)CC1)N1CCCC(CC(N)=O)C1.I. The summed E-state index contributed by atoms with van der Waals surface area (Å²) in [4.78, 5) is 20.3. The summed E-state index contributed by atoms with van der Waals surface area (Å²) < 4.78 is 13.9. The first-order chi connectivity index (χ1) is 14.0. The number of piperidine rings is 2. The number of nitrogens with zero attached hydrogens (tertiary/aromatic N) is 3. The maximum Gasteiger partial charge on any atom is 0.217 e. The third kappa shape index (κ3) is 7.37. The minimum Gasteiger partial charge on any atom is -0.370 e. The highest BCUT2D eigenvalue weighted by Gasteiger charge is 2.25. The van der Waals surface area contributed by atoms with E-state index in [2.05, 4.69) is 20.1 Å². The summed E-state index contributed by atoms with van der Waals surface area (Å²) >= 11 is 0. The van der Waals surface area contributed by atoms with Gasteiger partial charge in [-0.05, 0) is 56.7 Å². The minimum atomic E-state index is -0.220. The van der Waals surface area contributed by atoms with Gasteiger partial charge in [0.15, 0.2) is 5.96 Å². The Morgan fingerprint density at radius 2 is 1.93 bits per heavy atom. The molecule has 2 heterocycles. The zero-order chi connectivity index (χ0) is 20.6. The summed E-state index contributed by atoms with van der Waals surface area (Å²) in [6, 6.07) is 7.04. The molecule has 2 saturated heterocycles. The molecule has 1 atom stereocenters. The van der Waals surface area contributed by atoms with Gasteiger partial charge in [0.2, 0.25) is 5.91 Å². The predicted molar refractivity (Wildman–Crippen MR) is 129 cm³/mol. The largest absolute Gasteiger partial charge is 0.370 e. The van der Waals surface area contributed by atoms with E-state index in [9.17, 15) is 9.18 Å². The van der Waals surface area contributed by atoms with E-state index >= 15 is 0 Å². The topological polar surface area (TPSA) is 74.0 Å². The summed E-state index contributed by atoms with van der Waals surface area (Å²) in [5.41, 5.74) is 6.15. The van der Waals surface area contributed by atoms with Gasteiger partial charge in [-0.15, -0.1) is 24.0 Å². The molecule has 168 valence electrons. The second kappa shape index (κ2) is 12.4. The van der Waals surface area contributed by atoms with Crippen molar-refractivity contribution in [3.8, 4) is 0 Å². The lowest BCUT2D eigenvalue weighted by Crippen LogP contribution is -2.48. The molecule has 1 aromatic carbocycles. The van der Waals surface area contributed by atoms with Gasteiger partial charge in [0.05, 0.1) is 0 Å². The summed E-state index contributed by atoms with van der Waals surface area (Å²) in [5.74, 6) is 1.50. The number of nitrogens with one attached hydrogen (secondary N) is 1. The number of carbonyl (C=O) groups excluding carboxylic acids is 1. The molecule has 1 unspecified atom stereocenters. The monoisotopic (exact) mass is 531 g/mol. The first-order valence-corrected chi connectivity index (χ1v) is 10.7. The average molecular weight is 531 g/mol. The van der Waals surface area contributed by atoms with E-state index < -0.39 is 0 Å². The van der Waals surface area contributed by atoms with Crippen molar-refractivity contribution in [2.24, 2.45) is 22.6 Å². The van der Waals surface area contributed by atoms with Gasteiger partial charge in [-0.2, -0.15) is 0 Å². The minimum absolute atomic E-state index is 0. The molecule has 0 aromatic heterocycles. The van der Waals surface area contributed by atoms with Crippen molar-refractivity contribution in [2.75, 3.05) is 39.8 Å². The van der Waals surface area contributed by atoms with Crippen molar-refractivity contribution in [2.45, 2.75) is 38.6 Å². The number of likely N-dealkylation sites (tertiary alicyclic amines) is 2. The number of aliphatic imine (C=N–C) groups is 1. The molecule has 2 aliphatic rings. The van der Waals surface area contributed by atoms with Crippen LogP contribution >= 0.6 is 24.0 Å². The number of benzene rings is 1. The summed E-state index contributed by atoms with van der Waals surface area (Å²) in [5, 5.41) is 3.54. The van der Waals surface area contributed by atoms with E-state index in [1.54, 1.807) is 6.07 Å². The third-order valence-electron chi connectivity index (χ3n) is 6.13. The zero-order valence-corrected chi connectivity index (χ0v) is 20.2. The van der Waals surface area contributed by atoms with Gasteiger partial charge in [0.25, 0.3) is 0 Å². The molecule has 0 aliphatic carbocycles. The van der Waals surface area contributed by atoms with Crippen LogP contribution in [0.15, 0.2) is 29.3 Å². The van der Waals surface area contributed by atoms with E-state index in [-0.39, 0.29) is 35.7 Å². The molecule has 2 aliphatic heterocycles. The molecule has 2 fully saturated rings. The van der Waals surface area contributed by atoms with E-state index in [0.717, 1.165) is 69.9 Å². The molecule has 0 radical (unpaired) electrons. The van der Waals surface area contributed by atoms with E-state index in [0.29, 0.717) is 24.8 Å². The lowest BCUT2D eigenvalue weighted by Gasteiger charge is -2.36. The first-order valence-electron chi connectivity index (χ1n) is 10.7. The number of hydrogen-bond donors (Lipinski definition) is 2. The van der Waals surface area contributed by atoms with Crippen LogP contribution in [0.5, 0.6) is 0 Å². The fourth-order valence-electron chi connectivity index (χ4n) is 4.49. The van der Waals surface area contributed by atoms with Crippen LogP contribution < -0.4 is 11.1 Å². The number of guanidine groups is 1. The van der Waals surface area contributed by atoms with Crippen molar-refractivity contribution >= 4 is 35.8 Å². The lowest BCUT2D eigenvalue weighted by atomic mass is 9.94. The second-order valence-electron chi connectivity index (χ2n) is 8.36. The molecule has 8 heteroatoms. The lowest BCUT2D eigenvalue weighted by molar-refractivity contribution is -0.119. The fraction of sp³-hybridized carbons (Fsp3) is 0.636. The maximum absolute atomic E-state index is 13.9. The van der Waals surface area contributed by atoms with Crippen LogP contribution in [0.2, 0.25) is 0 Å². The number of nitrogens with two attached hydrogens (primary N) is 1. The number of rotatable bonds is 6. The molecule has 3 rings (SSSR count). The van der Waals surface area contributed by atoms with Crippen molar-refractivity contribution in [1.29, 1.82) is 0 Å². The number of primary amides is 1. The number of amides is 1. The van der Waals surface area contributed by atoms with Crippen LogP contribution in [-0.4, -0.2) is 61.4 Å². The number of hydrogen-bond acceptors (Lipinski definition) is 3. The Hall–Kier alpha value is -1.42. The summed E-state index contributed by atoms with van der Waals surface area (Å²) in [7, 11) is 1.82. The average Bonchev–Trinajstić information content (AvgIpc) is 2.71. The van der Waals surface area contributed by atoms with Crippen molar-refractivity contribution < 1.29 is 9.18 Å². The number of halogens is 2. The number of carbonyl (C=O) groups is 1. The molecule has 1 amide bonds.